The summed E-state index contributed by atoms with van der Waals surface area (Å²) in [6, 6.07) is 0. The van der Waals surface area contributed by atoms with Crippen molar-refractivity contribution in [2.45, 2.75) is 6.42 Å². The van der Waals surface area contributed by atoms with Gasteiger partial charge in [-0.25, -0.2) is 0 Å². The van der Waals surface area contributed by atoms with E-state index in [0.717, 1.165) is 26.6 Å². The van der Waals surface area contributed by atoms with Crippen LogP contribution in [0.25, 0.3) is 0 Å². The highest BCUT2D eigenvalue weighted by molar-refractivity contribution is 7.85. The Labute approximate surface area is 61.3 Å². The average molecular weight is 168 g/mol. The monoisotopic (exact) mass is 168 g/mol. The molecule has 1 fully saturated rings. The first kappa shape index (κ1) is 9.87. The zero-order valence-corrected chi connectivity index (χ0v) is 6.98. The Morgan fingerprint density at radius 2 is 1.60 bits per heavy atom. The van der Waals surface area contributed by atoms with Crippen molar-refractivity contribution >= 4 is 10.1 Å². The van der Waals surface area contributed by atoms with Crippen LogP contribution in [0.3, 0.4) is 0 Å². The van der Waals surface area contributed by atoms with Crippen LogP contribution in [0.2, 0.25) is 0 Å². The predicted octanol–water partition coefficient (Wildman–Crippen LogP) is -0.000900. The summed E-state index contributed by atoms with van der Waals surface area (Å²) >= 11 is 0. The third-order valence-electron chi connectivity index (χ3n) is 0.880. The molecule has 10 heavy (non-hydrogen) atoms. The molecule has 0 unspecified atom stereocenters. The van der Waals surface area contributed by atoms with Crippen molar-refractivity contribution in [1.29, 1.82) is 0 Å². The lowest BCUT2D eigenvalue weighted by Gasteiger charge is -2.09. The van der Waals surface area contributed by atoms with Crippen molar-refractivity contribution in [2.24, 2.45) is 0 Å². The standard InChI is InChI=1S/C3H6O.C2H6O3S/c1-2-4-3-1;1-5-6(2,3)4/h1-3H2;1-2H3. The molecule has 0 saturated carbocycles. The van der Waals surface area contributed by atoms with E-state index in [1.54, 1.807) is 0 Å². The molecule has 1 heterocycles. The Bertz CT molecular complexity index is 152. The fourth-order valence-electron chi connectivity index (χ4n) is 0.144. The maximum Gasteiger partial charge on any atom is 0.264 e. The van der Waals surface area contributed by atoms with E-state index in [-0.39, 0.29) is 0 Å². The molecule has 0 radical (unpaired) electrons. The highest BCUT2D eigenvalue weighted by Crippen LogP contribution is 1.93. The van der Waals surface area contributed by atoms with Crippen LogP contribution in [-0.4, -0.2) is 35.0 Å². The van der Waals surface area contributed by atoms with E-state index >= 15 is 0 Å². The molecule has 0 aromatic carbocycles. The van der Waals surface area contributed by atoms with Crippen LogP contribution in [0, 0.1) is 0 Å². The van der Waals surface area contributed by atoms with E-state index in [1.807, 2.05) is 0 Å². The van der Waals surface area contributed by atoms with Crippen LogP contribution in [0.15, 0.2) is 0 Å². The minimum atomic E-state index is -3.16. The van der Waals surface area contributed by atoms with Gasteiger partial charge in [0.1, 0.15) is 0 Å². The van der Waals surface area contributed by atoms with Gasteiger partial charge in [-0.1, -0.05) is 0 Å². The second-order valence-corrected chi connectivity index (χ2v) is 3.58. The summed E-state index contributed by atoms with van der Waals surface area (Å²) in [4.78, 5) is 0. The van der Waals surface area contributed by atoms with E-state index in [0.29, 0.717) is 0 Å². The minimum absolute atomic E-state index is 0.993. The van der Waals surface area contributed by atoms with E-state index in [9.17, 15) is 8.42 Å². The SMILES string of the molecule is C1COC1.COS(C)(=O)=O. The van der Waals surface area contributed by atoms with E-state index in [1.165, 1.54) is 6.42 Å². The lowest BCUT2D eigenvalue weighted by atomic mass is 10.4. The Morgan fingerprint density at radius 1 is 1.40 bits per heavy atom. The van der Waals surface area contributed by atoms with Gasteiger partial charge >= 0.3 is 0 Å². The van der Waals surface area contributed by atoms with Crippen molar-refractivity contribution in [3.8, 4) is 0 Å². The van der Waals surface area contributed by atoms with Crippen LogP contribution < -0.4 is 0 Å². The molecular formula is C5H12O4S. The Balaban J connectivity index is 0.000000172. The largest absolute Gasteiger partial charge is 0.381 e. The molecule has 1 aliphatic heterocycles. The summed E-state index contributed by atoms with van der Waals surface area (Å²) in [6.07, 6.45) is 2.27. The number of hydrogen-bond acceptors (Lipinski definition) is 4. The van der Waals surface area contributed by atoms with E-state index < -0.39 is 10.1 Å². The molecule has 1 rings (SSSR count). The van der Waals surface area contributed by atoms with Crippen LogP contribution in [0.1, 0.15) is 6.42 Å². The highest BCUT2D eigenvalue weighted by Gasteiger charge is 1.94. The van der Waals surface area contributed by atoms with E-state index in [2.05, 4.69) is 4.18 Å². The smallest absolute Gasteiger partial charge is 0.264 e. The van der Waals surface area contributed by atoms with Gasteiger partial charge in [-0.2, -0.15) is 8.42 Å². The minimum Gasteiger partial charge on any atom is -0.381 e. The molecule has 0 aliphatic carbocycles. The first-order valence-corrected chi connectivity index (χ1v) is 4.71. The van der Waals surface area contributed by atoms with Crippen molar-refractivity contribution in [1.82, 2.24) is 0 Å². The summed E-state index contributed by atoms with van der Waals surface area (Å²) < 4.78 is 28.2. The molecular weight excluding hydrogens is 156 g/mol. The van der Waals surface area contributed by atoms with Crippen molar-refractivity contribution in [3.05, 3.63) is 0 Å². The average Bonchev–Trinajstić information content (AvgIpc) is 1.59. The molecule has 4 nitrogen and oxygen atoms in total. The molecule has 0 atom stereocenters. The molecule has 1 aliphatic rings. The first-order chi connectivity index (χ1) is 4.56. The van der Waals surface area contributed by atoms with Crippen LogP contribution in [-0.2, 0) is 19.0 Å². The van der Waals surface area contributed by atoms with Gasteiger partial charge in [-0.15, -0.1) is 0 Å². The molecule has 62 valence electrons. The molecule has 0 aromatic heterocycles. The fourth-order valence-corrected chi connectivity index (χ4v) is 0.144. The van der Waals surface area contributed by atoms with Crippen LogP contribution in [0.4, 0.5) is 0 Å². The molecule has 1 saturated heterocycles. The highest BCUT2D eigenvalue weighted by atomic mass is 32.2. The summed E-state index contributed by atoms with van der Waals surface area (Å²) in [5.41, 5.74) is 0. The van der Waals surface area contributed by atoms with Crippen LogP contribution in [0.5, 0.6) is 0 Å². The second-order valence-electron chi connectivity index (χ2n) is 1.84. The van der Waals surface area contributed by atoms with Gasteiger partial charge in [0.05, 0.1) is 13.4 Å². The topological polar surface area (TPSA) is 52.6 Å². The van der Waals surface area contributed by atoms with Crippen molar-refractivity contribution in [3.63, 3.8) is 0 Å². The van der Waals surface area contributed by atoms with Gasteiger partial charge < -0.3 is 4.74 Å². The van der Waals surface area contributed by atoms with Gasteiger partial charge in [-0.05, 0) is 6.42 Å². The summed E-state index contributed by atoms with van der Waals surface area (Å²) in [5.74, 6) is 0. The zero-order valence-electron chi connectivity index (χ0n) is 6.16. The lowest BCUT2D eigenvalue weighted by Crippen LogP contribution is -2.09. The summed E-state index contributed by atoms with van der Waals surface area (Å²) in [7, 11) is -2.04. The maximum atomic E-state index is 9.78. The number of hydrogen-bond donors (Lipinski definition) is 0. The van der Waals surface area contributed by atoms with Crippen molar-refractivity contribution < 1.29 is 17.3 Å². The lowest BCUT2D eigenvalue weighted by molar-refractivity contribution is 0.0367. The van der Waals surface area contributed by atoms with Gasteiger partial charge in [0.15, 0.2) is 0 Å². The molecule has 0 N–H and O–H groups in total. The quantitative estimate of drug-likeness (QED) is 0.517. The predicted molar refractivity (Wildman–Crippen MR) is 37.3 cm³/mol. The third-order valence-corrected chi connectivity index (χ3v) is 1.49. The molecule has 0 spiro atoms. The first-order valence-electron chi connectivity index (χ1n) is 2.89. The van der Waals surface area contributed by atoms with Gasteiger partial charge in [0.2, 0.25) is 0 Å². The van der Waals surface area contributed by atoms with E-state index in [4.69, 9.17) is 4.74 Å². The third kappa shape index (κ3) is 7.87. The van der Waals surface area contributed by atoms with Crippen LogP contribution >= 0.6 is 0 Å². The summed E-state index contributed by atoms with van der Waals surface area (Å²) in [5, 5.41) is 0. The Morgan fingerprint density at radius 3 is 1.60 bits per heavy atom. The Kier molecular flexibility index (Phi) is 4.59. The molecule has 0 aromatic rings. The molecule has 0 bridgehead atoms. The normalized spacial score (nSPS) is 16.6. The van der Waals surface area contributed by atoms with Gasteiger partial charge in [-0.3, -0.25) is 4.18 Å². The van der Waals surface area contributed by atoms with Gasteiger partial charge in [0.25, 0.3) is 10.1 Å². The van der Waals surface area contributed by atoms with Crippen molar-refractivity contribution in [2.75, 3.05) is 26.6 Å². The Hall–Kier alpha value is -0.130. The maximum absolute atomic E-state index is 9.78. The number of rotatable bonds is 1. The second kappa shape index (κ2) is 4.65. The fraction of sp³-hybridized carbons (Fsp3) is 1.00. The van der Waals surface area contributed by atoms with Gasteiger partial charge in [0, 0.05) is 13.2 Å². The number of ether oxygens (including phenoxy) is 1. The zero-order chi connectivity index (χ0) is 8.04. The molecule has 5 heteroatoms. The summed E-state index contributed by atoms with van der Waals surface area (Å²) in [6.45, 7) is 2.00. The molecule has 0 amide bonds.